The summed E-state index contributed by atoms with van der Waals surface area (Å²) in [4.78, 5) is 6.64. The van der Waals surface area contributed by atoms with E-state index in [4.69, 9.17) is 0 Å². The molecule has 0 aromatic rings. The molecular weight excluding hydrogens is 166 g/mol. The van der Waals surface area contributed by atoms with Gasteiger partial charge in [-0.05, 0) is 25.7 Å². The molecule has 1 N–H and O–H groups in total. The third-order valence-electron chi connectivity index (χ3n) is 1.48. The van der Waals surface area contributed by atoms with E-state index in [9.17, 15) is 8.42 Å². The van der Waals surface area contributed by atoms with Gasteiger partial charge in [0.2, 0.25) is 10.0 Å². The molecule has 1 saturated carbocycles. The van der Waals surface area contributed by atoms with Crippen LogP contribution in [0.25, 0.3) is 0 Å². The number of sulfonamides is 1. The number of rotatable bonds is 5. The quantitative estimate of drug-likeness (QED) is 0.616. The highest BCUT2D eigenvalue weighted by Gasteiger charge is 2.27. The van der Waals surface area contributed by atoms with Crippen molar-refractivity contribution in [2.45, 2.75) is 19.8 Å². The second-order valence-corrected chi connectivity index (χ2v) is 4.47. The van der Waals surface area contributed by atoms with Gasteiger partial charge >= 0.3 is 0 Å². The summed E-state index contributed by atoms with van der Waals surface area (Å²) in [5.74, 6) is 0.584. The predicted molar refractivity (Wildman–Crippen MR) is 41.3 cm³/mol. The Kier molecular flexibility index (Phi) is 2.86. The molecule has 1 aliphatic rings. The van der Waals surface area contributed by atoms with Crippen LogP contribution in [0.15, 0.2) is 0 Å². The third-order valence-corrected chi connectivity index (χ3v) is 2.76. The summed E-state index contributed by atoms with van der Waals surface area (Å²) in [6.45, 7) is 2.10. The molecule has 0 bridgehead atoms. The van der Waals surface area contributed by atoms with Crippen LogP contribution in [0.2, 0.25) is 0 Å². The molecule has 1 aliphatic carbocycles. The summed E-state index contributed by atoms with van der Waals surface area (Å²) in [6.07, 6.45) is 2.07. The van der Waals surface area contributed by atoms with Crippen molar-refractivity contribution in [2.24, 2.45) is 5.92 Å². The van der Waals surface area contributed by atoms with E-state index in [0.717, 1.165) is 12.8 Å². The average molecular weight is 179 g/mol. The first kappa shape index (κ1) is 8.96. The number of hydrogen-bond acceptors (Lipinski definition) is 3. The average Bonchev–Trinajstić information content (AvgIpc) is 2.67. The van der Waals surface area contributed by atoms with Crippen LogP contribution in [-0.2, 0) is 14.9 Å². The van der Waals surface area contributed by atoms with Gasteiger partial charge in [0.25, 0.3) is 0 Å². The van der Waals surface area contributed by atoms with Crippen LogP contribution in [0.1, 0.15) is 19.8 Å². The van der Waals surface area contributed by atoms with E-state index in [1.165, 1.54) is 0 Å². The van der Waals surface area contributed by atoms with E-state index >= 15 is 0 Å². The zero-order valence-electron chi connectivity index (χ0n) is 6.54. The largest absolute Gasteiger partial charge is 0.287 e. The van der Waals surface area contributed by atoms with Crippen LogP contribution >= 0.6 is 0 Å². The van der Waals surface area contributed by atoms with Gasteiger partial charge in [-0.15, -0.1) is 0 Å². The van der Waals surface area contributed by atoms with Crippen molar-refractivity contribution in [1.29, 1.82) is 0 Å². The van der Waals surface area contributed by atoms with Crippen molar-refractivity contribution in [2.75, 3.05) is 12.4 Å². The highest BCUT2D eigenvalue weighted by molar-refractivity contribution is 7.89. The zero-order valence-corrected chi connectivity index (χ0v) is 7.36. The Morgan fingerprint density at radius 3 is 2.64 bits per heavy atom. The zero-order chi connectivity index (χ0) is 8.32. The summed E-state index contributed by atoms with van der Waals surface area (Å²) in [5.41, 5.74) is 0. The molecule has 0 atom stereocenters. The molecule has 0 radical (unpaired) electrons. The minimum atomic E-state index is -3.15. The van der Waals surface area contributed by atoms with Crippen molar-refractivity contribution in [1.82, 2.24) is 4.89 Å². The lowest BCUT2D eigenvalue weighted by atomic mass is 10.5. The smallest absolute Gasteiger partial charge is 0.233 e. The topological polar surface area (TPSA) is 55.4 Å². The lowest BCUT2D eigenvalue weighted by Gasteiger charge is -2.03. The Morgan fingerprint density at radius 2 is 2.18 bits per heavy atom. The molecule has 4 nitrogen and oxygen atoms in total. The van der Waals surface area contributed by atoms with E-state index < -0.39 is 10.0 Å². The molecule has 0 unspecified atom stereocenters. The fourth-order valence-electron chi connectivity index (χ4n) is 0.778. The standard InChI is InChI=1S/C6H13NO3S/c1-2-10-7-11(8,9)5-6-3-4-6/h6-7H,2-5H2,1H3. The molecule has 0 aromatic heterocycles. The van der Waals surface area contributed by atoms with Gasteiger partial charge in [-0.2, -0.15) is 0 Å². The van der Waals surface area contributed by atoms with E-state index in [0.29, 0.717) is 12.5 Å². The van der Waals surface area contributed by atoms with Gasteiger partial charge in [-0.1, -0.05) is 4.89 Å². The molecule has 11 heavy (non-hydrogen) atoms. The van der Waals surface area contributed by atoms with E-state index in [1.807, 2.05) is 0 Å². The predicted octanol–water partition coefficient (Wildman–Crippen LogP) is 0.267. The maximum atomic E-state index is 11.0. The normalized spacial score (nSPS) is 18.6. The van der Waals surface area contributed by atoms with Crippen LogP contribution in [0, 0.1) is 5.92 Å². The second kappa shape index (κ2) is 3.51. The van der Waals surface area contributed by atoms with Gasteiger partial charge in [0.1, 0.15) is 0 Å². The fourth-order valence-corrected chi connectivity index (χ4v) is 2.10. The van der Waals surface area contributed by atoms with Crippen molar-refractivity contribution in [3.05, 3.63) is 0 Å². The minimum absolute atomic E-state index is 0.215. The van der Waals surface area contributed by atoms with Crippen molar-refractivity contribution in [3.63, 3.8) is 0 Å². The van der Waals surface area contributed by atoms with E-state index in [1.54, 1.807) is 6.92 Å². The lowest BCUT2D eigenvalue weighted by molar-refractivity contribution is 0.105. The molecule has 1 rings (SSSR count). The van der Waals surface area contributed by atoms with Crippen molar-refractivity contribution in [3.8, 4) is 0 Å². The van der Waals surface area contributed by atoms with Crippen LogP contribution in [0.4, 0.5) is 0 Å². The first-order chi connectivity index (χ1) is 5.14. The molecule has 0 aliphatic heterocycles. The van der Waals surface area contributed by atoms with Gasteiger partial charge in [0.15, 0.2) is 0 Å². The molecule has 0 spiro atoms. The van der Waals surface area contributed by atoms with Crippen LogP contribution in [0.5, 0.6) is 0 Å². The first-order valence-corrected chi connectivity index (χ1v) is 5.40. The van der Waals surface area contributed by atoms with E-state index in [-0.39, 0.29) is 5.75 Å². The summed E-state index contributed by atoms with van der Waals surface area (Å²) < 4.78 is 22.0. The third kappa shape index (κ3) is 3.69. The molecule has 0 amide bonds. The maximum absolute atomic E-state index is 11.0. The van der Waals surface area contributed by atoms with Gasteiger partial charge in [-0.25, -0.2) is 8.42 Å². The fraction of sp³-hybridized carbons (Fsp3) is 1.00. The van der Waals surface area contributed by atoms with Crippen LogP contribution in [0.3, 0.4) is 0 Å². The summed E-state index contributed by atoms with van der Waals surface area (Å²) >= 11 is 0. The number of nitrogens with one attached hydrogen (secondary N) is 1. The van der Waals surface area contributed by atoms with Crippen LogP contribution in [-0.4, -0.2) is 20.8 Å². The molecular formula is C6H13NO3S. The highest BCUT2D eigenvalue weighted by Crippen LogP contribution is 2.29. The maximum Gasteiger partial charge on any atom is 0.233 e. The summed E-state index contributed by atoms with van der Waals surface area (Å²) in [6, 6.07) is 0. The molecule has 0 heterocycles. The van der Waals surface area contributed by atoms with Gasteiger partial charge in [0.05, 0.1) is 12.4 Å². The molecule has 0 aromatic carbocycles. The summed E-state index contributed by atoms with van der Waals surface area (Å²) in [5, 5.41) is 0. The highest BCUT2D eigenvalue weighted by atomic mass is 32.2. The Labute approximate surface area is 66.9 Å². The SMILES string of the molecule is CCONS(=O)(=O)CC1CC1. The minimum Gasteiger partial charge on any atom is -0.287 e. The first-order valence-electron chi connectivity index (χ1n) is 3.75. The lowest BCUT2D eigenvalue weighted by Crippen LogP contribution is -2.27. The van der Waals surface area contributed by atoms with Crippen LogP contribution < -0.4 is 4.89 Å². The van der Waals surface area contributed by atoms with E-state index in [2.05, 4.69) is 9.72 Å². The van der Waals surface area contributed by atoms with Gasteiger partial charge in [-0.3, -0.25) is 4.84 Å². The van der Waals surface area contributed by atoms with Gasteiger partial charge < -0.3 is 0 Å². The molecule has 66 valence electrons. The number of hydrogen-bond donors (Lipinski definition) is 1. The Hall–Kier alpha value is -0.130. The molecule has 1 fully saturated rings. The second-order valence-electron chi connectivity index (χ2n) is 2.74. The van der Waals surface area contributed by atoms with Crippen molar-refractivity contribution < 1.29 is 13.3 Å². The Bertz CT molecular complexity index is 208. The monoisotopic (exact) mass is 179 g/mol. The van der Waals surface area contributed by atoms with Gasteiger partial charge in [0, 0.05) is 0 Å². The Morgan fingerprint density at radius 1 is 1.55 bits per heavy atom. The van der Waals surface area contributed by atoms with Crippen molar-refractivity contribution >= 4 is 10.0 Å². The summed E-state index contributed by atoms with van der Waals surface area (Å²) in [7, 11) is -3.15. The molecule has 5 heteroatoms. The Balaban J connectivity index is 2.26. The molecule has 0 saturated heterocycles.